The molecule has 0 saturated carbocycles. The van der Waals surface area contributed by atoms with E-state index in [4.69, 9.17) is 9.47 Å². The van der Waals surface area contributed by atoms with E-state index in [0.717, 1.165) is 5.56 Å². The van der Waals surface area contributed by atoms with E-state index < -0.39 is 6.10 Å². The molecule has 1 unspecified atom stereocenters. The van der Waals surface area contributed by atoms with Gasteiger partial charge in [-0.3, -0.25) is 4.79 Å². The summed E-state index contributed by atoms with van der Waals surface area (Å²) in [5.41, 5.74) is 4.12. The van der Waals surface area contributed by atoms with Gasteiger partial charge in [-0.2, -0.15) is 0 Å². The molecule has 0 aromatic heterocycles. The Balaban J connectivity index is 1.95. The molecule has 1 N–H and O–H groups in total. The van der Waals surface area contributed by atoms with E-state index in [2.05, 4.69) is 18.3 Å². The van der Waals surface area contributed by atoms with Crippen LogP contribution in [0.15, 0.2) is 42.5 Å². The van der Waals surface area contributed by atoms with Crippen molar-refractivity contribution in [2.75, 3.05) is 12.4 Å². The lowest BCUT2D eigenvalue weighted by atomic mass is 10.1. The molecule has 2 rings (SSSR count). The highest BCUT2D eigenvalue weighted by atomic mass is 16.5. The number of methoxy groups -OCH3 is 1. The highest BCUT2D eigenvalue weighted by Gasteiger charge is 2.15. The SMILES string of the molecule is COc1ccccc1NC(=O)C(C)OCc1ccc(C)cc1C. The predicted octanol–water partition coefficient (Wildman–Crippen LogP) is 3.86. The van der Waals surface area contributed by atoms with Gasteiger partial charge >= 0.3 is 0 Å². The highest BCUT2D eigenvalue weighted by Crippen LogP contribution is 2.23. The summed E-state index contributed by atoms with van der Waals surface area (Å²) >= 11 is 0. The summed E-state index contributed by atoms with van der Waals surface area (Å²) in [6.45, 7) is 6.26. The van der Waals surface area contributed by atoms with Crippen LogP contribution in [-0.2, 0) is 16.1 Å². The van der Waals surface area contributed by atoms with E-state index in [1.165, 1.54) is 11.1 Å². The maximum absolute atomic E-state index is 12.2. The number of hydrogen-bond donors (Lipinski definition) is 1. The minimum atomic E-state index is -0.555. The van der Waals surface area contributed by atoms with Crippen molar-refractivity contribution < 1.29 is 14.3 Å². The molecule has 0 fully saturated rings. The second kappa shape index (κ2) is 7.79. The van der Waals surface area contributed by atoms with Gasteiger partial charge in [0.25, 0.3) is 5.91 Å². The van der Waals surface area contributed by atoms with Gasteiger partial charge in [-0.1, -0.05) is 35.9 Å². The lowest BCUT2D eigenvalue weighted by molar-refractivity contribution is -0.127. The van der Waals surface area contributed by atoms with Gasteiger partial charge in [0, 0.05) is 0 Å². The van der Waals surface area contributed by atoms with E-state index in [0.29, 0.717) is 18.0 Å². The minimum Gasteiger partial charge on any atom is -0.495 e. The number of aryl methyl sites for hydroxylation is 2. The maximum Gasteiger partial charge on any atom is 0.253 e. The first-order chi connectivity index (χ1) is 11.0. The number of ether oxygens (including phenoxy) is 2. The third-order valence-corrected chi connectivity index (χ3v) is 3.72. The number of rotatable bonds is 6. The molecule has 0 saturated heterocycles. The first-order valence-electron chi connectivity index (χ1n) is 7.63. The fourth-order valence-corrected chi connectivity index (χ4v) is 2.28. The zero-order chi connectivity index (χ0) is 16.8. The second-order valence-electron chi connectivity index (χ2n) is 5.57. The molecule has 1 atom stereocenters. The Morgan fingerprint density at radius 1 is 1.17 bits per heavy atom. The Morgan fingerprint density at radius 3 is 2.61 bits per heavy atom. The van der Waals surface area contributed by atoms with Crippen LogP contribution < -0.4 is 10.1 Å². The molecule has 0 radical (unpaired) electrons. The van der Waals surface area contributed by atoms with Crippen LogP contribution in [0, 0.1) is 13.8 Å². The summed E-state index contributed by atoms with van der Waals surface area (Å²) in [7, 11) is 1.57. The normalized spacial score (nSPS) is 11.8. The molecule has 0 aliphatic rings. The van der Waals surface area contributed by atoms with Crippen LogP contribution in [0.25, 0.3) is 0 Å². The Kier molecular flexibility index (Phi) is 5.77. The summed E-state index contributed by atoms with van der Waals surface area (Å²) in [4.78, 5) is 12.2. The Morgan fingerprint density at radius 2 is 1.91 bits per heavy atom. The maximum atomic E-state index is 12.2. The van der Waals surface area contributed by atoms with Crippen molar-refractivity contribution in [3.63, 3.8) is 0 Å². The van der Waals surface area contributed by atoms with Crippen LogP contribution in [-0.4, -0.2) is 19.1 Å². The molecule has 0 aliphatic carbocycles. The molecule has 0 spiro atoms. The predicted molar refractivity (Wildman–Crippen MR) is 91.8 cm³/mol. The van der Waals surface area contributed by atoms with Crippen LogP contribution >= 0.6 is 0 Å². The van der Waals surface area contributed by atoms with Gasteiger partial charge in [-0.25, -0.2) is 0 Å². The van der Waals surface area contributed by atoms with Crippen LogP contribution in [0.2, 0.25) is 0 Å². The van der Waals surface area contributed by atoms with Gasteiger partial charge in [0.1, 0.15) is 11.9 Å². The van der Waals surface area contributed by atoms with Crippen LogP contribution in [0.3, 0.4) is 0 Å². The van der Waals surface area contributed by atoms with Crippen molar-refractivity contribution in [2.24, 2.45) is 0 Å². The molecule has 0 aliphatic heterocycles. The number of amides is 1. The Labute approximate surface area is 137 Å². The monoisotopic (exact) mass is 313 g/mol. The molecule has 4 heteroatoms. The third-order valence-electron chi connectivity index (χ3n) is 3.72. The number of para-hydroxylation sites is 2. The van der Waals surface area contributed by atoms with Crippen LogP contribution in [0.5, 0.6) is 5.75 Å². The standard InChI is InChI=1S/C19H23NO3/c1-13-9-10-16(14(2)11-13)12-23-15(3)19(21)20-17-7-5-6-8-18(17)22-4/h5-11,15H,12H2,1-4H3,(H,20,21). The lowest BCUT2D eigenvalue weighted by Gasteiger charge is -2.16. The van der Waals surface area contributed by atoms with E-state index in [-0.39, 0.29) is 5.91 Å². The molecule has 122 valence electrons. The molecule has 2 aromatic rings. The molecule has 23 heavy (non-hydrogen) atoms. The zero-order valence-electron chi connectivity index (χ0n) is 14.1. The number of benzene rings is 2. The first-order valence-corrected chi connectivity index (χ1v) is 7.63. The largest absolute Gasteiger partial charge is 0.495 e. The van der Waals surface area contributed by atoms with Gasteiger partial charge < -0.3 is 14.8 Å². The average molecular weight is 313 g/mol. The third kappa shape index (κ3) is 4.57. The quantitative estimate of drug-likeness (QED) is 0.881. The number of anilines is 1. The van der Waals surface area contributed by atoms with Gasteiger partial charge in [0.05, 0.1) is 19.4 Å². The van der Waals surface area contributed by atoms with Crippen molar-refractivity contribution in [2.45, 2.75) is 33.5 Å². The fourth-order valence-electron chi connectivity index (χ4n) is 2.28. The van der Waals surface area contributed by atoms with E-state index in [1.807, 2.05) is 31.2 Å². The van der Waals surface area contributed by atoms with Gasteiger partial charge in [0.15, 0.2) is 0 Å². The van der Waals surface area contributed by atoms with Crippen LogP contribution in [0.1, 0.15) is 23.6 Å². The van der Waals surface area contributed by atoms with Gasteiger partial charge in [-0.15, -0.1) is 0 Å². The lowest BCUT2D eigenvalue weighted by Crippen LogP contribution is -2.27. The van der Waals surface area contributed by atoms with Crippen molar-refractivity contribution in [1.29, 1.82) is 0 Å². The summed E-state index contributed by atoms with van der Waals surface area (Å²) in [6.07, 6.45) is -0.555. The molecular formula is C19H23NO3. The number of carbonyl (C=O) groups excluding carboxylic acids is 1. The van der Waals surface area contributed by atoms with E-state index >= 15 is 0 Å². The summed E-state index contributed by atoms with van der Waals surface area (Å²) in [5.74, 6) is 0.432. The number of nitrogens with one attached hydrogen (secondary N) is 1. The zero-order valence-corrected chi connectivity index (χ0v) is 14.1. The summed E-state index contributed by atoms with van der Waals surface area (Å²) < 4.78 is 10.9. The van der Waals surface area contributed by atoms with Crippen molar-refractivity contribution >= 4 is 11.6 Å². The number of carbonyl (C=O) groups is 1. The van der Waals surface area contributed by atoms with E-state index in [1.54, 1.807) is 26.2 Å². The fraction of sp³-hybridized carbons (Fsp3) is 0.316. The molecule has 2 aromatic carbocycles. The molecule has 4 nitrogen and oxygen atoms in total. The number of hydrogen-bond acceptors (Lipinski definition) is 3. The first kappa shape index (κ1) is 17.0. The molecule has 0 heterocycles. The van der Waals surface area contributed by atoms with Crippen molar-refractivity contribution in [3.8, 4) is 5.75 Å². The van der Waals surface area contributed by atoms with Crippen molar-refractivity contribution in [1.82, 2.24) is 0 Å². The minimum absolute atomic E-state index is 0.195. The second-order valence-corrected chi connectivity index (χ2v) is 5.57. The average Bonchev–Trinajstić information content (AvgIpc) is 2.54. The van der Waals surface area contributed by atoms with E-state index in [9.17, 15) is 4.79 Å². The molecule has 1 amide bonds. The summed E-state index contributed by atoms with van der Waals surface area (Å²) in [6, 6.07) is 13.5. The van der Waals surface area contributed by atoms with Gasteiger partial charge in [0.2, 0.25) is 0 Å². The summed E-state index contributed by atoms with van der Waals surface area (Å²) in [5, 5.41) is 2.83. The molecule has 0 bridgehead atoms. The molecular weight excluding hydrogens is 290 g/mol. The Hall–Kier alpha value is -2.33. The van der Waals surface area contributed by atoms with Gasteiger partial charge in [-0.05, 0) is 44.0 Å². The smallest absolute Gasteiger partial charge is 0.253 e. The van der Waals surface area contributed by atoms with Crippen molar-refractivity contribution in [3.05, 3.63) is 59.2 Å². The topological polar surface area (TPSA) is 47.6 Å². The van der Waals surface area contributed by atoms with Crippen LogP contribution in [0.4, 0.5) is 5.69 Å². The Bertz CT molecular complexity index is 682. The highest BCUT2D eigenvalue weighted by molar-refractivity contribution is 5.95.